The van der Waals surface area contributed by atoms with Crippen molar-refractivity contribution in [2.45, 2.75) is 36.7 Å². The standard InChI is InChI=1S/C26H25ClF2N2O3S/c1-30-26(33)20-7-5-18(6-8-20)16-31(35(34)25-11-9-21(27)10-12-25)24(17-32)4-2-3-19-13-22(28)15-23(29)14-19/h5-15,17,24H,2-4,16H2,1H3,(H,30,33). The van der Waals surface area contributed by atoms with E-state index in [1.54, 1.807) is 59.9 Å². The molecule has 184 valence electrons. The molecular weight excluding hydrogens is 494 g/mol. The van der Waals surface area contributed by atoms with Crippen molar-refractivity contribution in [1.82, 2.24) is 9.62 Å². The van der Waals surface area contributed by atoms with Crippen LogP contribution in [-0.4, -0.2) is 33.8 Å². The average Bonchev–Trinajstić information content (AvgIpc) is 2.85. The first-order valence-corrected chi connectivity index (χ1v) is 12.4. The lowest BCUT2D eigenvalue weighted by atomic mass is 10.0. The van der Waals surface area contributed by atoms with E-state index in [4.69, 9.17) is 11.6 Å². The van der Waals surface area contributed by atoms with Gasteiger partial charge in [-0.25, -0.2) is 17.3 Å². The van der Waals surface area contributed by atoms with Crippen LogP contribution in [-0.2, 0) is 28.7 Å². The number of aldehydes is 1. The zero-order valence-electron chi connectivity index (χ0n) is 19.0. The van der Waals surface area contributed by atoms with Crippen molar-refractivity contribution in [3.63, 3.8) is 0 Å². The number of nitrogens with zero attached hydrogens (tertiary/aromatic N) is 1. The van der Waals surface area contributed by atoms with E-state index >= 15 is 0 Å². The van der Waals surface area contributed by atoms with E-state index in [1.807, 2.05) is 0 Å². The van der Waals surface area contributed by atoms with Gasteiger partial charge >= 0.3 is 0 Å². The van der Waals surface area contributed by atoms with Gasteiger partial charge in [0.25, 0.3) is 5.91 Å². The second-order valence-electron chi connectivity index (χ2n) is 7.93. The minimum Gasteiger partial charge on any atom is -0.355 e. The maximum absolute atomic E-state index is 13.5. The van der Waals surface area contributed by atoms with Crippen molar-refractivity contribution in [2.75, 3.05) is 7.05 Å². The smallest absolute Gasteiger partial charge is 0.251 e. The first-order valence-electron chi connectivity index (χ1n) is 11.0. The van der Waals surface area contributed by atoms with E-state index in [9.17, 15) is 22.6 Å². The molecule has 5 nitrogen and oxygen atoms in total. The van der Waals surface area contributed by atoms with Crippen LogP contribution in [0.1, 0.15) is 34.3 Å². The van der Waals surface area contributed by atoms with Gasteiger partial charge in [0.15, 0.2) is 0 Å². The maximum Gasteiger partial charge on any atom is 0.251 e. The van der Waals surface area contributed by atoms with Gasteiger partial charge in [-0.2, -0.15) is 0 Å². The fourth-order valence-corrected chi connectivity index (χ4v) is 5.05. The molecule has 35 heavy (non-hydrogen) atoms. The lowest BCUT2D eigenvalue weighted by Crippen LogP contribution is -2.37. The maximum atomic E-state index is 13.5. The molecule has 0 fully saturated rings. The predicted octanol–water partition coefficient (Wildman–Crippen LogP) is 5.09. The number of nitrogens with one attached hydrogen (secondary N) is 1. The summed E-state index contributed by atoms with van der Waals surface area (Å²) in [6.45, 7) is 0.182. The molecule has 0 saturated carbocycles. The molecule has 0 radical (unpaired) electrons. The SMILES string of the molecule is CNC(=O)c1ccc(CN(C(C=O)CCCc2cc(F)cc(F)c2)S(=O)c2ccc(Cl)cc2)cc1. The Balaban J connectivity index is 1.80. The molecule has 0 aliphatic heterocycles. The Kier molecular flexibility index (Phi) is 9.65. The Morgan fingerprint density at radius 2 is 1.66 bits per heavy atom. The summed E-state index contributed by atoms with van der Waals surface area (Å²) in [5, 5.41) is 3.05. The summed E-state index contributed by atoms with van der Waals surface area (Å²) in [6.07, 6.45) is 1.88. The quantitative estimate of drug-likeness (QED) is 0.359. The number of rotatable bonds is 11. The minimum absolute atomic E-state index is 0.182. The molecule has 2 unspecified atom stereocenters. The molecule has 0 heterocycles. The topological polar surface area (TPSA) is 66.5 Å². The number of aryl methyl sites for hydroxylation is 1. The van der Waals surface area contributed by atoms with Crippen molar-refractivity contribution in [2.24, 2.45) is 0 Å². The largest absolute Gasteiger partial charge is 0.355 e. The average molecular weight is 519 g/mol. The zero-order valence-corrected chi connectivity index (χ0v) is 20.6. The molecule has 3 aromatic rings. The fraction of sp³-hybridized carbons (Fsp3) is 0.231. The molecule has 1 N–H and O–H groups in total. The van der Waals surface area contributed by atoms with Gasteiger partial charge in [0.05, 0.1) is 10.9 Å². The third-order valence-corrected chi connectivity index (χ3v) is 7.18. The summed E-state index contributed by atoms with van der Waals surface area (Å²) in [6, 6.07) is 15.9. The van der Waals surface area contributed by atoms with E-state index in [1.165, 1.54) is 12.1 Å². The van der Waals surface area contributed by atoms with Crippen LogP contribution in [0, 0.1) is 11.6 Å². The highest BCUT2D eigenvalue weighted by atomic mass is 35.5. The normalized spacial score (nSPS) is 12.8. The third-order valence-electron chi connectivity index (χ3n) is 5.42. The van der Waals surface area contributed by atoms with Gasteiger partial charge in [0.2, 0.25) is 0 Å². The summed E-state index contributed by atoms with van der Waals surface area (Å²) in [5.41, 5.74) is 1.73. The van der Waals surface area contributed by atoms with Crippen molar-refractivity contribution in [1.29, 1.82) is 0 Å². The van der Waals surface area contributed by atoms with Crippen LogP contribution in [0.2, 0.25) is 5.02 Å². The molecule has 9 heteroatoms. The monoisotopic (exact) mass is 518 g/mol. The van der Waals surface area contributed by atoms with Gasteiger partial charge in [-0.15, -0.1) is 0 Å². The molecule has 0 aromatic heterocycles. The fourth-order valence-electron chi connectivity index (χ4n) is 3.62. The molecule has 1 amide bonds. The molecule has 0 aliphatic carbocycles. The summed E-state index contributed by atoms with van der Waals surface area (Å²) in [5.74, 6) is -1.53. The van der Waals surface area contributed by atoms with Crippen molar-refractivity contribution >= 4 is 34.8 Å². The molecule has 2 atom stereocenters. The van der Waals surface area contributed by atoms with Crippen molar-refractivity contribution in [3.05, 3.63) is 100 Å². The lowest BCUT2D eigenvalue weighted by molar-refractivity contribution is -0.111. The van der Waals surface area contributed by atoms with Crippen LogP contribution >= 0.6 is 11.6 Å². The second-order valence-corrected chi connectivity index (χ2v) is 9.80. The lowest BCUT2D eigenvalue weighted by Gasteiger charge is -2.27. The Hall–Kier alpha value is -2.94. The van der Waals surface area contributed by atoms with Crippen molar-refractivity contribution in [3.8, 4) is 0 Å². The van der Waals surface area contributed by atoms with Crippen molar-refractivity contribution < 1.29 is 22.6 Å². The number of amides is 1. The van der Waals surface area contributed by atoms with E-state index < -0.39 is 28.7 Å². The first-order chi connectivity index (χ1) is 16.8. The van der Waals surface area contributed by atoms with E-state index in [2.05, 4.69) is 5.32 Å². The molecular formula is C26H25ClF2N2O3S. The first kappa shape index (κ1) is 26.7. The third kappa shape index (κ3) is 7.52. The minimum atomic E-state index is -1.69. The summed E-state index contributed by atoms with van der Waals surface area (Å²) in [7, 11) is -0.145. The molecule has 3 aromatic carbocycles. The molecule has 0 saturated heterocycles. The van der Waals surface area contributed by atoms with Crippen LogP contribution in [0.25, 0.3) is 0 Å². The summed E-state index contributed by atoms with van der Waals surface area (Å²) < 4.78 is 42.0. The van der Waals surface area contributed by atoms with Crippen LogP contribution in [0.4, 0.5) is 8.78 Å². The van der Waals surface area contributed by atoms with Crippen LogP contribution in [0.3, 0.4) is 0 Å². The van der Waals surface area contributed by atoms with Gasteiger partial charge in [0, 0.05) is 30.2 Å². The number of hydrogen-bond acceptors (Lipinski definition) is 3. The van der Waals surface area contributed by atoms with Gasteiger partial charge in [-0.05, 0) is 78.9 Å². The van der Waals surface area contributed by atoms with Gasteiger partial charge in [-0.1, -0.05) is 23.7 Å². The number of carbonyl (C=O) groups is 2. The summed E-state index contributed by atoms with van der Waals surface area (Å²) in [4.78, 5) is 24.4. The Morgan fingerprint density at radius 3 is 2.23 bits per heavy atom. The molecule has 3 rings (SSSR count). The van der Waals surface area contributed by atoms with Gasteiger partial charge in [-0.3, -0.25) is 4.79 Å². The van der Waals surface area contributed by atoms with Crippen LogP contribution in [0.5, 0.6) is 0 Å². The van der Waals surface area contributed by atoms with Gasteiger partial charge in [0.1, 0.15) is 28.9 Å². The molecule has 0 aliphatic rings. The zero-order chi connectivity index (χ0) is 25.4. The number of carbonyl (C=O) groups excluding carboxylic acids is 2. The van der Waals surface area contributed by atoms with Crippen LogP contribution in [0.15, 0.2) is 71.6 Å². The van der Waals surface area contributed by atoms with E-state index in [0.717, 1.165) is 17.9 Å². The Morgan fingerprint density at radius 1 is 1.03 bits per heavy atom. The summed E-state index contributed by atoms with van der Waals surface area (Å²) >= 11 is 5.96. The second kappa shape index (κ2) is 12.7. The Labute approximate surface area is 210 Å². The highest BCUT2D eigenvalue weighted by Crippen LogP contribution is 2.22. The van der Waals surface area contributed by atoms with E-state index in [-0.39, 0.29) is 12.5 Å². The van der Waals surface area contributed by atoms with Gasteiger partial charge < -0.3 is 10.1 Å². The predicted molar refractivity (Wildman–Crippen MR) is 132 cm³/mol. The number of benzene rings is 3. The van der Waals surface area contributed by atoms with Crippen LogP contribution < -0.4 is 5.32 Å². The Bertz CT molecular complexity index is 1170. The van der Waals surface area contributed by atoms with E-state index in [0.29, 0.717) is 40.3 Å². The molecule has 0 spiro atoms. The molecule has 0 bridgehead atoms. The number of halogens is 3. The highest BCUT2D eigenvalue weighted by molar-refractivity contribution is 7.82. The highest BCUT2D eigenvalue weighted by Gasteiger charge is 2.25. The number of hydrogen-bond donors (Lipinski definition) is 1.